The molecule has 112 valence electrons. The first-order chi connectivity index (χ1) is 8.52. The molecule has 1 saturated heterocycles. The third-order valence-electron chi connectivity index (χ3n) is 4.49. The fraction of sp³-hybridized carbons (Fsp3) is 0.938. The smallest absolute Gasteiger partial charge is 0.312 e. The highest BCUT2D eigenvalue weighted by atomic mass is 16.5. The van der Waals surface area contributed by atoms with Gasteiger partial charge >= 0.3 is 5.97 Å². The van der Waals surface area contributed by atoms with E-state index in [0.29, 0.717) is 19.6 Å². The average Bonchev–Trinajstić information content (AvgIpc) is 2.59. The zero-order chi connectivity index (χ0) is 14.9. The van der Waals surface area contributed by atoms with Crippen LogP contribution in [0.5, 0.6) is 0 Å². The zero-order valence-electron chi connectivity index (χ0n) is 13.4. The van der Waals surface area contributed by atoms with Gasteiger partial charge in [0, 0.05) is 5.92 Å². The van der Waals surface area contributed by atoms with Gasteiger partial charge in [-0.25, -0.2) is 0 Å². The van der Waals surface area contributed by atoms with E-state index in [1.807, 2.05) is 0 Å². The van der Waals surface area contributed by atoms with Gasteiger partial charge in [0.15, 0.2) is 0 Å². The van der Waals surface area contributed by atoms with E-state index in [2.05, 4.69) is 41.5 Å². The molecular formula is C16H30O3. The van der Waals surface area contributed by atoms with E-state index in [-0.39, 0.29) is 16.7 Å². The third-order valence-corrected chi connectivity index (χ3v) is 4.49. The normalized spacial score (nSPS) is 28.6. The summed E-state index contributed by atoms with van der Waals surface area (Å²) < 4.78 is 5.59. The fourth-order valence-electron chi connectivity index (χ4n) is 3.18. The highest BCUT2D eigenvalue weighted by Crippen LogP contribution is 2.48. The largest absolute Gasteiger partial charge is 0.481 e. The Morgan fingerprint density at radius 2 is 1.89 bits per heavy atom. The Bertz CT molecular complexity index is 327. The van der Waals surface area contributed by atoms with Crippen LogP contribution in [0.2, 0.25) is 0 Å². The summed E-state index contributed by atoms with van der Waals surface area (Å²) in [5, 5.41) is 9.79. The van der Waals surface area contributed by atoms with Crippen molar-refractivity contribution in [1.82, 2.24) is 0 Å². The van der Waals surface area contributed by atoms with Crippen molar-refractivity contribution in [2.24, 2.45) is 22.2 Å². The van der Waals surface area contributed by atoms with E-state index >= 15 is 0 Å². The molecule has 0 aliphatic carbocycles. The molecule has 0 aromatic carbocycles. The number of carbonyl (C=O) groups is 1. The summed E-state index contributed by atoms with van der Waals surface area (Å²) in [6.07, 6.45) is 2.67. The molecule has 0 amide bonds. The second kappa shape index (κ2) is 5.43. The number of aliphatic carboxylic acids is 1. The molecule has 0 aromatic heterocycles. The van der Waals surface area contributed by atoms with Crippen molar-refractivity contribution in [3.8, 4) is 0 Å². The molecule has 0 aromatic rings. The van der Waals surface area contributed by atoms with E-state index in [1.54, 1.807) is 0 Å². The molecular weight excluding hydrogens is 240 g/mol. The lowest BCUT2D eigenvalue weighted by Crippen LogP contribution is -2.42. The maximum atomic E-state index is 11.9. The number of rotatable bonds is 5. The highest BCUT2D eigenvalue weighted by Gasteiger charge is 2.52. The molecule has 1 aliphatic rings. The molecule has 0 bridgehead atoms. The Morgan fingerprint density at radius 1 is 1.32 bits per heavy atom. The van der Waals surface area contributed by atoms with E-state index < -0.39 is 11.4 Å². The molecule has 3 nitrogen and oxygen atoms in total. The second-order valence-corrected chi connectivity index (χ2v) is 8.13. The molecule has 3 heteroatoms. The molecule has 0 saturated carbocycles. The van der Waals surface area contributed by atoms with Crippen LogP contribution in [0.25, 0.3) is 0 Å². The van der Waals surface area contributed by atoms with Crippen LogP contribution in [-0.2, 0) is 9.53 Å². The summed E-state index contributed by atoms with van der Waals surface area (Å²) in [6, 6.07) is 0. The van der Waals surface area contributed by atoms with Crippen LogP contribution in [0.1, 0.15) is 60.8 Å². The zero-order valence-corrected chi connectivity index (χ0v) is 13.4. The second-order valence-electron chi connectivity index (χ2n) is 8.13. The van der Waals surface area contributed by atoms with Gasteiger partial charge in [-0.3, -0.25) is 4.79 Å². The van der Waals surface area contributed by atoms with Gasteiger partial charge in [-0.15, -0.1) is 0 Å². The number of hydrogen-bond donors (Lipinski definition) is 1. The summed E-state index contributed by atoms with van der Waals surface area (Å²) in [6.45, 7) is 13.9. The maximum absolute atomic E-state index is 11.9. The van der Waals surface area contributed by atoms with Gasteiger partial charge in [0.25, 0.3) is 0 Å². The molecule has 1 heterocycles. The van der Waals surface area contributed by atoms with Crippen LogP contribution in [0, 0.1) is 22.2 Å². The predicted molar refractivity (Wildman–Crippen MR) is 77.1 cm³/mol. The molecule has 1 fully saturated rings. The van der Waals surface area contributed by atoms with E-state index in [0.717, 1.165) is 12.8 Å². The Hall–Kier alpha value is -0.570. The number of ether oxygens (including phenoxy) is 1. The summed E-state index contributed by atoms with van der Waals surface area (Å²) in [5.74, 6) is -0.559. The minimum atomic E-state index is -0.704. The van der Waals surface area contributed by atoms with Crippen LogP contribution in [0.3, 0.4) is 0 Å². The first kappa shape index (κ1) is 16.5. The minimum Gasteiger partial charge on any atom is -0.481 e. The molecule has 2 atom stereocenters. The van der Waals surface area contributed by atoms with Gasteiger partial charge in [-0.05, 0) is 23.7 Å². The monoisotopic (exact) mass is 270 g/mol. The molecule has 1 aliphatic heterocycles. The van der Waals surface area contributed by atoms with Crippen LogP contribution < -0.4 is 0 Å². The van der Waals surface area contributed by atoms with Gasteiger partial charge in [-0.1, -0.05) is 48.0 Å². The van der Waals surface area contributed by atoms with Gasteiger partial charge in [0.05, 0.1) is 18.6 Å². The van der Waals surface area contributed by atoms with Crippen molar-refractivity contribution in [2.45, 2.75) is 60.8 Å². The Morgan fingerprint density at radius 3 is 2.32 bits per heavy atom. The van der Waals surface area contributed by atoms with Gasteiger partial charge in [-0.2, -0.15) is 0 Å². The van der Waals surface area contributed by atoms with Crippen molar-refractivity contribution in [3.05, 3.63) is 0 Å². The molecule has 0 spiro atoms. The number of carboxylic acid groups (broad SMARTS) is 1. The summed E-state index contributed by atoms with van der Waals surface area (Å²) in [5.41, 5.74) is -0.525. The SMILES string of the molecule is CCC(C)(C)CC1COCC1(CC(C)(C)C)C(=O)O. The average molecular weight is 270 g/mol. The Balaban J connectivity index is 2.98. The van der Waals surface area contributed by atoms with Gasteiger partial charge in [0.1, 0.15) is 0 Å². The van der Waals surface area contributed by atoms with Crippen molar-refractivity contribution >= 4 is 5.97 Å². The Kier molecular flexibility index (Phi) is 4.71. The summed E-state index contributed by atoms with van der Waals surface area (Å²) in [4.78, 5) is 11.9. The van der Waals surface area contributed by atoms with Gasteiger partial charge < -0.3 is 9.84 Å². The summed E-state index contributed by atoms with van der Waals surface area (Å²) in [7, 11) is 0. The van der Waals surface area contributed by atoms with Crippen LogP contribution in [-0.4, -0.2) is 24.3 Å². The minimum absolute atomic E-state index is 0.000692. The first-order valence-corrected chi connectivity index (χ1v) is 7.34. The Labute approximate surface area is 117 Å². The molecule has 0 radical (unpaired) electrons. The first-order valence-electron chi connectivity index (χ1n) is 7.34. The van der Waals surface area contributed by atoms with Crippen molar-refractivity contribution in [2.75, 3.05) is 13.2 Å². The van der Waals surface area contributed by atoms with E-state index in [1.165, 1.54) is 0 Å². The van der Waals surface area contributed by atoms with Crippen LogP contribution in [0.4, 0.5) is 0 Å². The maximum Gasteiger partial charge on any atom is 0.312 e. The van der Waals surface area contributed by atoms with Crippen molar-refractivity contribution in [3.63, 3.8) is 0 Å². The standard InChI is InChI=1S/C16H30O3/c1-7-15(5,6)8-12-9-19-11-16(12,13(17)18)10-14(2,3)4/h12H,7-11H2,1-6H3,(H,17,18). The molecule has 19 heavy (non-hydrogen) atoms. The fourth-order valence-corrected chi connectivity index (χ4v) is 3.18. The quantitative estimate of drug-likeness (QED) is 0.822. The van der Waals surface area contributed by atoms with Crippen LogP contribution >= 0.6 is 0 Å². The van der Waals surface area contributed by atoms with Crippen LogP contribution in [0.15, 0.2) is 0 Å². The lowest BCUT2D eigenvalue weighted by Gasteiger charge is -2.38. The lowest BCUT2D eigenvalue weighted by atomic mass is 9.64. The van der Waals surface area contributed by atoms with Crippen molar-refractivity contribution in [1.29, 1.82) is 0 Å². The van der Waals surface area contributed by atoms with E-state index in [4.69, 9.17) is 4.74 Å². The molecule has 1 rings (SSSR count). The summed E-state index contributed by atoms with van der Waals surface area (Å²) >= 11 is 0. The molecule has 2 unspecified atom stereocenters. The highest BCUT2D eigenvalue weighted by molar-refractivity contribution is 5.75. The number of carboxylic acids is 1. The molecule has 1 N–H and O–H groups in total. The third kappa shape index (κ3) is 3.95. The predicted octanol–water partition coefficient (Wildman–Crippen LogP) is 3.97. The van der Waals surface area contributed by atoms with Crippen molar-refractivity contribution < 1.29 is 14.6 Å². The van der Waals surface area contributed by atoms with Gasteiger partial charge in [0.2, 0.25) is 0 Å². The van der Waals surface area contributed by atoms with E-state index in [9.17, 15) is 9.90 Å². The number of hydrogen-bond acceptors (Lipinski definition) is 2. The topological polar surface area (TPSA) is 46.5 Å². The lowest BCUT2D eigenvalue weighted by molar-refractivity contribution is -0.154.